The van der Waals surface area contributed by atoms with Crippen molar-refractivity contribution in [1.82, 2.24) is 9.78 Å². The predicted octanol–water partition coefficient (Wildman–Crippen LogP) is 1.42. The van der Waals surface area contributed by atoms with Crippen LogP contribution in [0.25, 0.3) is 0 Å². The molecule has 0 saturated heterocycles. The summed E-state index contributed by atoms with van der Waals surface area (Å²) in [6.45, 7) is 1.43. The maximum atomic E-state index is 12.0. The Bertz CT molecular complexity index is 702. The van der Waals surface area contributed by atoms with Crippen LogP contribution in [-0.4, -0.2) is 24.0 Å². The minimum Gasteiger partial charge on any atom is -0.295 e. The second kappa shape index (κ2) is 4.85. The number of benzene rings is 1. The Morgan fingerprint density at radius 1 is 1.21 bits per heavy atom. The van der Waals surface area contributed by atoms with E-state index in [1.807, 2.05) is 0 Å². The topological polar surface area (TPSA) is 81.1 Å². The summed E-state index contributed by atoms with van der Waals surface area (Å²) >= 11 is 0. The van der Waals surface area contributed by atoms with Gasteiger partial charge in [0, 0.05) is 24.9 Å². The number of carbonyl (C=O) groups is 1. The van der Waals surface area contributed by atoms with Crippen molar-refractivity contribution in [3.05, 3.63) is 42.1 Å². The third kappa shape index (κ3) is 3.00. The number of hydrogen-bond acceptors (Lipinski definition) is 4. The molecule has 1 N–H and O–H groups in total. The molecule has 0 saturated carbocycles. The first-order chi connectivity index (χ1) is 8.88. The molecule has 2 rings (SSSR count). The fraction of sp³-hybridized carbons (Fsp3) is 0.167. The summed E-state index contributed by atoms with van der Waals surface area (Å²) in [5.74, 6) is 0.139. The Balaban J connectivity index is 2.26. The average Bonchev–Trinajstić information content (AvgIpc) is 2.74. The predicted molar refractivity (Wildman–Crippen MR) is 70.5 cm³/mol. The van der Waals surface area contributed by atoms with Gasteiger partial charge in [0.05, 0.1) is 4.90 Å². The van der Waals surface area contributed by atoms with Crippen LogP contribution in [0.4, 0.5) is 5.82 Å². The zero-order chi connectivity index (χ0) is 14.0. The minimum atomic E-state index is -3.68. The molecule has 6 nitrogen and oxygen atoms in total. The second-order valence-electron chi connectivity index (χ2n) is 4.06. The molecule has 1 aromatic carbocycles. The number of nitrogens with zero attached hydrogens (tertiary/aromatic N) is 2. The van der Waals surface area contributed by atoms with E-state index >= 15 is 0 Å². The van der Waals surface area contributed by atoms with Crippen LogP contribution in [-0.2, 0) is 17.1 Å². The smallest absolute Gasteiger partial charge is 0.263 e. The highest BCUT2D eigenvalue weighted by atomic mass is 32.2. The largest absolute Gasteiger partial charge is 0.295 e. The lowest BCUT2D eigenvalue weighted by Crippen LogP contribution is -2.13. The number of aromatic nitrogens is 2. The summed E-state index contributed by atoms with van der Waals surface area (Å²) in [5, 5.41) is 3.94. The molecule has 0 atom stereocenters. The highest BCUT2D eigenvalue weighted by Crippen LogP contribution is 2.15. The van der Waals surface area contributed by atoms with Crippen molar-refractivity contribution in [2.24, 2.45) is 7.05 Å². The van der Waals surface area contributed by atoms with Crippen LogP contribution in [0.1, 0.15) is 17.3 Å². The number of rotatable bonds is 4. The summed E-state index contributed by atoms with van der Waals surface area (Å²) in [7, 11) is -1.99. The Morgan fingerprint density at radius 3 is 2.32 bits per heavy atom. The molecule has 0 amide bonds. The molecule has 2 aromatic rings. The monoisotopic (exact) mass is 279 g/mol. The number of anilines is 1. The van der Waals surface area contributed by atoms with Crippen LogP contribution in [0.2, 0.25) is 0 Å². The van der Waals surface area contributed by atoms with E-state index in [1.165, 1.54) is 35.9 Å². The molecule has 19 heavy (non-hydrogen) atoms. The van der Waals surface area contributed by atoms with Gasteiger partial charge in [-0.3, -0.25) is 14.2 Å². The number of ketones is 1. The summed E-state index contributed by atoms with van der Waals surface area (Å²) in [6.07, 6.45) is 1.64. The van der Waals surface area contributed by atoms with Crippen molar-refractivity contribution in [3.63, 3.8) is 0 Å². The second-order valence-corrected chi connectivity index (χ2v) is 5.74. The van der Waals surface area contributed by atoms with E-state index in [4.69, 9.17) is 0 Å². The molecule has 0 aliphatic heterocycles. The molecule has 0 unspecified atom stereocenters. The van der Waals surface area contributed by atoms with Crippen molar-refractivity contribution >= 4 is 21.6 Å². The summed E-state index contributed by atoms with van der Waals surface area (Å²) < 4.78 is 27.9. The van der Waals surface area contributed by atoms with Gasteiger partial charge in [-0.1, -0.05) is 12.1 Å². The number of carbonyl (C=O) groups excluding carboxylic acids is 1. The first kappa shape index (κ1) is 13.3. The Kier molecular flexibility index (Phi) is 3.39. The zero-order valence-electron chi connectivity index (χ0n) is 10.5. The number of Topliss-reactive ketones (excluding diaryl/α,β-unsaturated/α-hetero) is 1. The lowest BCUT2D eigenvalue weighted by Gasteiger charge is -2.05. The fourth-order valence-electron chi connectivity index (χ4n) is 1.53. The van der Waals surface area contributed by atoms with Gasteiger partial charge in [-0.05, 0) is 19.1 Å². The lowest BCUT2D eigenvalue weighted by atomic mass is 10.2. The van der Waals surface area contributed by atoms with Gasteiger partial charge in [0.1, 0.15) is 0 Å². The van der Waals surface area contributed by atoms with Crippen molar-refractivity contribution in [2.75, 3.05) is 4.72 Å². The van der Waals surface area contributed by atoms with E-state index in [9.17, 15) is 13.2 Å². The minimum absolute atomic E-state index is 0.0863. The maximum Gasteiger partial charge on any atom is 0.263 e. The molecule has 0 radical (unpaired) electrons. The molecule has 100 valence electrons. The highest BCUT2D eigenvalue weighted by molar-refractivity contribution is 7.92. The van der Waals surface area contributed by atoms with E-state index in [0.29, 0.717) is 5.56 Å². The number of nitrogens with one attached hydrogen (secondary N) is 1. The first-order valence-electron chi connectivity index (χ1n) is 5.52. The molecule has 1 aromatic heterocycles. The van der Waals surface area contributed by atoms with Gasteiger partial charge < -0.3 is 0 Å². The van der Waals surface area contributed by atoms with E-state index in [0.717, 1.165) is 0 Å². The van der Waals surface area contributed by atoms with E-state index < -0.39 is 10.0 Å². The molecule has 0 spiro atoms. The fourth-order valence-corrected chi connectivity index (χ4v) is 2.53. The van der Waals surface area contributed by atoms with Crippen molar-refractivity contribution in [3.8, 4) is 0 Å². The molecule has 7 heteroatoms. The maximum absolute atomic E-state index is 12.0. The third-order valence-electron chi connectivity index (χ3n) is 2.52. The number of sulfonamides is 1. The van der Waals surface area contributed by atoms with Crippen LogP contribution in [0.15, 0.2) is 41.4 Å². The molecular formula is C12H13N3O3S. The Morgan fingerprint density at radius 2 is 1.84 bits per heavy atom. The molecule has 1 heterocycles. The van der Waals surface area contributed by atoms with E-state index in [-0.39, 0.29) is 16.5 Å². The number of aryl methyl sites for hydroxylation is 1. The molecule has 0 aliphatic rings. The van der Waals surface area contributed by atoms with Gasteiger partial charge >= 0.3 is 0 Å². The summed E-state index contributed by atoms with van der Waals surface area (Å²) in [6, 6.07) is 7.30. The van der Waals surface area contributed by atoms with E-state index in [1.54, 1.807) is 19.3 Å². The van der Waals surface area contributed by atoms with Crippen molar-refractivity contribution in [1.29, 1.82) is 0 Å². The van der Waals surface area contributed by atoms with Gasteiger partial charge in [-0.15, -0.1) is 0 Å². The van der Waals surface area contributed by atoms with Crippen LogP contribution >= 0.6 is 0 Å². The zero-order valence-corrected chi connectivity index (χ0v) is 11.3. The first-order valence-corrected chi connectivity index (χ1v) is 7.00. The summed E-state index contributed by atoms with van der Waals surface area (Å²) in [5.41, 5.74) is 0.469. The molecular weight excluding hydrogens is 266 g/mol. The quantitative estimate of drug-likeness (QED) is 0.858. The van der Waals surface area contributed by atoms with Crippen LogP contribution in [0.3, 0.4) is 0 Å². The highest BCUT2D eigenvalue weighted by Gasteiger charge is 2.15. The third-order valence-corrected chi connectivity index (χ3v) is 3.89. The molecule has 0 bridgehead atoms. The van der Waals surface area contributed by atoms with Crippen LogP contribution < -0.4 is 4.72 Å². The Hall–Kier alpha value is -2.15. The Labute approximate surface area is 111 Å². The standard InChI is InChI=1S/C12H13N3O3S/c1-9(16)10-3-5-11(6-4-10)19(17,18)14-12-7-8-15(2)13-12/h3-8H,1-2H3,(H,13,14). The normalized spacial score (nSPS) is 11.3. The number of hydrogen-bond donors (Lipinski definition) is 1. The summed E-state index contributed by atoms with van der Waals surface area (Å²) in [4.78, 5) is 11.2. The SMILES string of the molecule is CC(=O)c1ccc(S(=O)(=O)Nc2ccn(C)n2)cc1. The average molecular weight is 279 g/mol. The van der Waals surface area contributed by atoms with Crippen LogP contribution in [0.5, 0.6) is 0 Å². The lowest BCUT2D eigenvalue weighted by molar-refractivity contribution is 0.101. The van der Waals surface area contributed by atoms with Gasteiger partial charge in [0.2, 0.25) is 0 Å². The van der Waals surface area contributed by atoms with Crippen molar-refractivity contribution in [2.45, 2.75) is 11.8 Å². The van der Waals surface area contributed by atoms with Gasteiger partial charge in [-0.25, -0.2) is 8.42 Å². The molecule has 0 fully saturated rings. The van der Waals surface area contributed by atoms with Gasteiger partial charge in [-0.2, -0.15) is 5.10 Å². The van der Waals surface area contributed by atoms with Gasteiger partial charge in [0.15, 0.2) is 11.6 Å². The van der Waals surface area contributed by atoms with Gasteiger partial charge in [0.25, 0.3) is 10.0 Å². The van der Waals surface area contributed by atoms with Crippen molar-refractivity contribution < 1.29 is 13.2 Å². The molecule has 0 aliphatic carbocycles. The van der Waals surface area contributed by atoms with Crippen LogP contribution in [0, 0.1) is 0 Å². The van der Waals surface area contributed by atoms with E-state index in [2.05, 4.69) is 9.82 Å².